The molecule has 7 heteroatoms. The number of H-pyrrole nitrogens is 1. The predicted molar refractivity (Wildman–Crippen MR) is 103 cm³/mol. The van der Waals surface area contributed by atoms with Gasteiger partial charge in [-0.25, -0.2) is 0 Å². The highest BCUT2D eigenvalue weighted by Crippen LogP contribution is 2.13. The maximum atomic E-state index is 12.4. The van der Waals surface area contributed by atoms with Crippen molar-refractivity contribution in [2.45, 2.75) is 46.7 Å². The Kier molecular flexibility index (Phi) is 7.33. The molecule has 6 nitrogen and oxygen atoms in total. The summed E-state index contributed by atoms with van der Waals surface area (Å²) in [4.78, 5) is 14.7. The lowest BCUT2D eigenvalue weighted by molar-refractivity contribution is -0.116. The van der Waals surface area contributed by atoms with Crippen molar-refractivity contribution < 1.29 is 4.79 Å². The monoisotopic (exact) mass is 361 g/mol. The third-order valence-corrected chi connectivity index (χ3v) is 4.44. The summed E-state index contributed by atoms with van der Waals surface area (Å²) in [6, 6.07) is 7.99. The second-order valence-electron chi connectivity index (χ2n) is 5.99. The molecule has 0 saturated heterocycles. The summed E-state index contributed by atoms with van der Waals surface area (Å²) in [5.41, 5.74) is 2.00. The normalized spacial score (nSPS) is 11.0. The van der Waals surface area contributed by atoms with Crippen LogP contribution in [0.4, 0.5) is 5.69 Å². The van der Waals surface area contributed by atoms with Crippen molar-refractivity contribution in [1.29, 1.82) is 0 Å². The Bertz CT molecular complexity index is 748. The van der Waals surface area contributed by atoms with Crippen LogP contribution in [0, 0.1) is 4.77 Å². The number of anilines is 1. The Labute approximate surface area is 154 Å². The highest BCUT2D eigenvalue weighted by Gasteiger charge is 2.10. The van der Waals surface area contributed by atoms with E-state index in [0.29, 0.717) is 4.77 Å². The molecule has 0 unspecified atom stereocenters. The molecular weight excluding hydrogens is 334 g/mol. The molecule has 25 heavy (non-hydrogen) atoms. The first-order valence-electron chi connectivity index (χ1n) is 8.82. The number of aromatic nitrogens is 3. The first-order valence-corrected chi connectivity index (χ1v) is 9.23. The van der Waals surface area contributed by atoms with Gasteiger partial charge in [0.1, 0.15) is 12.4 Å². The quantitative estimate of drug-likeness (QED) is 0.672. The van der Waals surface area contributed by atoms with Gasteiger partial charge in [-0.1, -0.05) is 32.9 Å². The lowest BCUT2D eigenvalue weighted by Gasteiger charge is -2.18. The van der Waals surface area contributed by atoms with Crippen LogP contribution in [0.1, 0.15) is 38.6 Å². The van der Waals surface area contributed by atoms with Gasteiger partial charge in [0.25, 0.3) is 0 Å². The van der Waals surface area contributed by atoms with Gasteiger partial charge in [0.15, 0.2) is 4.77 Å². The van der Waals surface area contributed by atoms with E-state index < -0.39 is 0 Å². The van der Waals surface area contributed by atoms with Gasteiger partial charge in [-0.15, -0.1) is 0 Å². The zero-order valence-corrected chi connectivity index (χ0v) is 16.0. The summed E-state index contributed by atoms with van der Waals surface area (Å²) < 4.78 is 2.24. The summed E-state index contributed by atoms with van der Waals surface area (Å²) in [5, 5.41) is 9.92. The Morgan fingerprint density at radius 1 is 1.32 bits per heavy atom. The molecule has 2 N–H and O–H groups in total. The first-order chi connectivity index (χ1) is 12.1. The molecule has 1 heterocycles. The second-order valence-corrected chi connectivity index (χ2v) is 6.38. The number of rotatable bonds is 9. The van der Waals surface area contributed by atoms with E-state index >= 15 is 0 Å². The number of aromatic amines is 1. The van der Waals surface area contributed by atoms with Gasteiger partial charge in [0.05, 0.1) is 0 Å². The van der Waals surface area contributed by atoms with Gasteiger partial charge < -0.3 is 5.32 Å². The van der Waals surface area contributed by atoms with Crippen LogP contribution in [0.5, 0.6) is 0 Å². The largest absolute Gasteiger partial charge is 0.325 e. The molecule has 0 bridgehead atoms. The Hall–Kier alpha value is -1.99. The van der Waals surface area contributed by atoms with Crippen LogP contribution in [0.3, 0.4) is 0 Å². The van der Waals surface area contributed by atoms with E-state index in [-0.39, 0.29) is 12.5 Å². The summed E-state index contributed by atoms with van der Waals surface area (Å²) in [5.74, 6) is 0.716. The van der Waals surface area contributed by atoms with Gasteiger partial charge >= 0.3 is 0 Å². The van der Waals surface area contributed by atoms with Crippen molar-refractivity contribution in [3.63, 3.8) is 0 Å². The fraction of sp³-hybridized carbons (Fsp3) is 0.500. The van der Waals surface area contributed by atoms with Gasteiger partial charge in [-0.3, -0.25) is 19.4 Å². The fourth-order valence-corrected chi connectivity index (χ4v) is 2.94. The van der Waals surface area contributed by atoms with Gasteiger partial charge in [-0.2, -0.15) is 5.10 Å². The second kappa shape index (κ2) is 9.48. The summed E-state index contributed by atoms with van der Waals surface area (Å²) in [7, 11) is 0. The number of aryl methyl sites for hydroxylation is 1. The van der Waals surface area contributed by atoms with Crippen LogP contribution < -0.4 is 5.32 Å². The molecule has 0 spiro atoms. The van der Waals surface area contributed by atoms with Crippen molar-refractivity contribution in [2.24, 2.45) is 0 Å². The lowest BCUT2D eigenvalue weighted by atomic mass is 10.2. The van der Waals surface area contributed by atoms with Crippen LogP contribution in [-0.4, -0.2) is 38.7 Å². The molecule has 0 aliphatic rings. The minimum absolute atomic E-state index is 0.102. The zero-order chi connectivity index (χ0) is 18.2. The molecule has 1 aromatic carbocycles. The topological polar surface area (TPSA) is 66.0 Å². The number of nitrogens with one attached hydrogen (secondary N) is 2. The van der Waals surface area contributed by atoms with Crippen LogP contribution in [0.25, 0.3) is 0 Å². The molecule has 0 radical (unpaired) electrons. The average molecular weight is 362 g/mol. The molecule has 2 aromatic rings. The highest BCUT2D eigenvalue weighted by molar-refractivity contribution is 7.71. The summed E-state index contributed by atoms with van der Waals surface area (Å²) in [6.07, 6.45) is 1.74. The third kappa shape index (κ3) is 5.51. The molecule has 0 fully saturated rings. The summed E-state index contributed by atoms with van der Waals surface area (Å²) in [6.45, 7) is 9.44. The SMILES string of the molecule is CCCc1n[nH]c(=S)n1CC(=O)Nc1cccc(CN(CC)CC)c1. The van der Waals surface area contributed by atoms with E-state index in [0.717, 1.165) is 44.0 Å². The number of benzene rings is 1. The average Bonchev–Trinajstić information content (AvgIpc) is 2.93. The van der Waals surface area contributed by atoms with E-state index in [1.54, 1.807) is 4.57 Å². The molecule has 1 aromatic heterocycles. The van der Waals surface area contributed by atoms with Crippen LogP contribution >= 0.6 is 12.2 Å². The molecule has 0 atom stereocenters. The van der Waals surface area contributed by atoms with Gasteiger partial charge in [0, 0.05) is 18.7 Å². The molecule has 0 aliphatic carbocycles. The molecule has 0 aliphatic heterocycles. The number of hydrogen-bond acceptors (Lipinski definition) is 4. The van der Waals surface area contributed by atoms with Crippen molar-refractivity contribution in [3.05, 3.63) is 40.4 Å². The zero-order valence-electron chi connectivity index (χ0n) is 15.2. The number of carbonyl (C=O) groups is 1. The Morgan fingerprint density at radius 2 is 2.08 bits per heavy atom. The van der Waals surface area contributed by atoms with Crippen LogP contribution in [0.2, 0.25) is 0 Å². The van der Waals surface area contributed by atoms with E-state index in [1.165, 1.54) is 5.56 Å². The lowest BCUT2D eigenvalue weighted by Crippen LogP contribution is -2.22. The van der Waals surface area contributed by atoms with Crippen molar-refractivity contribution >= 4 is 23.8 Å². The van der Waals surface area contributed by atoms with E-state index in [1.807, 2.05) is 18.2 Å². The third-order valence-electron chi connectivity index (χ3n) is 4.12. The summed E-state index contributed by atoms with van der Waals surface area (Å²) >= 11 is 5.22. The van der Waals surface area contributed by atoms with Crippen LogP contribution in [-0.2, 0) is 24.3 Å². The molecule has 0 saturated carbocycles. The minimum Gasteiger partial charge on any atom is -0.325 e. The van der Waals surface area contributed by atoms with E-state index in [4.69, 9.17) is 12.2 Å². The minimum atomic E-state index is -0.102. The van der Waals surface area contributed by atoms with Crippen molar-refractivity contribution in [2.75, 3.05) is 18.4 Å². The maximum absolute atomic E-state index is 12.4. The first kappa shape index (κ1) is 19.3. The smallest absolute Gasteiger partial charge is 0.244 e. The number of hydrogen-bond donors (Lipinski definition) is 2. The maximum Gasteiger partial charge on any atom is 0.244 e. The van der Waals surface area contributed by atoms with Crippen LogP contribution in [0.15, 0.2) is 24.3 Å². The van der Waals surface area contributed by atoms with E-state index in [9.17, 15) is 4.79 Å². The fourth-order valence-electron chi connectivity index (χ4n) is 2.72. The van der Waals surface area contributed by atoms with Gasteiger partial charge in [0.2, 0.25) is 5.91 Å². The van der Waals surface area contributed by atoms with Crippen molar-refractivity contribution in [1.82, 2.24) is 19.7 Å². The molecular formula is C18H27N5OS. The molecule has 1 amide bonds. The number of nitrogens with zero attached hydrogens (tertiary/aromatic N) is 3. The van der Waals surface area contributed by atoms with E-state index in [2.05, 4.69) is 47.3 Å². The van der Waals surface area contributed by atoms with Crippen molar-refractivity contribution in [3.8, 4) is 0 Å². The van der Waals surface area contributed by atoms with Gasteiger partial charge in [-0.05, 0) is 49.4 Å². The molecule has 2 rings (SSSR count). The highest BCUT2D eigenvalue weighted by atomic mass is 32.1. The Balaban J connectivity index is 2.03. The Morgan fingerprint density at radius 3 is 2.76 bits per heavy atom. The number of amides is 1. The standard InChI is InChI=1S/C18H27N5OS/c1-4-8-16-20-21-18(25)23(16)13-17(24)19-15-10-7-9-14(11-15)12-22(5-2)6-3/h7,9-11H,4-6,8,12-13H2,1-3H3,(H,19,24)(H,21,25). The predicted octanol–water partition coefficient (Wildman–Crippen LogP) is 3.37. The molecule has 136 valence electrons. The number of carbonyl (C=O) groups excluding carboxylic acids is 1.